The molecule has 0 aromatic carbocycles. The van der Waals surface area contributed by atoms with Crippen molar-refractivity contribution in [2.45, 2.75) is 37.4 Å². The lowest BCUT2D eigenvalue weighted by Crippen LogP contribution is -2.32. The van der Waals surface area contributed by atoms with Crippen LogP contribution in [0.5, 0.6) is 0 Å². The van der Waals surface area contributed by atoms with Gasteiger partial charge in [-0.1, -0.05) is 13.0 Å². The molecule has 20 heavy (non-hydrogen) atoms. The number of pyridine rings is 1. The molecule has 0 saturated carbocycles. The van der Waals surface area contributed by atoms with Crippen molar-refractivity contribution in [1.82, 2.24) is 15.0 Å². The Hall–Kier alpha value is -1.02. The molecule has 1 aromatic rings. The normalized spacial score (nSPS) is 19.4. The van der Waals surface area contributed by atoms with Gasteiger partial charge in [0, 0.05) is 25.9 Å². The van der Waals surface area contributed by atoms with Gasteiger partial charge in [0.15, 0.2) is 5.03 Å². The highest BCUT2D eigenvalue weighted by Gasteiger charge is 2.20. The number of aromatic nitrogens is 1. The lowest BCUT2D eigenvalue weighted by molar-refractivity contribution is 0.114. The van der Waals surface area contributed by atoms with Gasteiger partial charge < -0.3 is 10.1 Å². The molecule has 2 N–H and O–H groups in total. The number of rotatable bonds is 7. The second-order valence-corrected chi connectivity index (χ2v) is 6.49. The molecule has 0 bridgehead atoms. The van der Waals surface area contributed by atoms with Crippen LogP contribution < -0.4 is 10.0 Å². The van der Waals surface area contributed by atoms with Crippen molar-refractivity contribution in [2.24, 2.45) is 0 Å². The molecule has 2 heterocycles. The Morgan fingerprint density at radius 3 is 2.90 bits per heavy atom. The SMILES string of the molecule is CCNCc1ccc(S(=O)(=O)NCC2CCCO2)nc1. The Bertz CT molecular complexity index is 510. The standard InChI is InChI=1S/C13H21N3O3S/c1-2-14-8-11-5-6-13(15-9-11)20(17,18)16-10-12-4-3-7-19-12/h5-6,9,12,14,16H,2-4,7-8,10H2,1H3. The largest absolute Gasteiger partial charge is 0.377 e. The van der Waals surface area contributed by atoms with Crippen LogP contribution in [0, 0.1) is 0 Å². The molecule has 0 aliphatic carbocycles. The Labute approximate surface area is 120 Å². The van der Waals surface area contributed by atoms with Gasteiger partial charge in [0.1, 0.15) is 0 Å². The molecule has 0 radical (unpaired) electrons. The Morgan fingerprint density at radius 1 is 1.45 bits per heavy atom. The molecule has 1 atom stereocenters. The molecular weight excluding hydrogens is 278 g/mol. The van der Waals surface area contributed by atoms with E-state index in [1.807, 2.05) is 6.92 Å². The summed E-state index contributed by atoms with van der Waals surface area (Å²) in [5.41, 5.74) is 0.963. The van der Waals surface area contributed by atoms with Crippen molar-refractivity contribution < 1.29 is 13.2 Å². The fourth-order valence-electron chi connectivity index (χ4n) is 2.03. The van der Waals surface area contributed by atoms with E-state index in [0.29, 0.717) is 19.7 Å². The van der Waals surface area contributed by atoms with Crippen LogP contribution in [-0.2, 0) is 21.3 Å². The number of nitrogens with zero attached hydrogens (tertiary/aromatic N) is 1. The van der Waals surface area contributed by atoms with Gasteiger partial charge in [-0.15, -0.1) is 0 Å². The van der Waals surface area contributed by atoms with E-state index in [1.165, 1.54) is 6.07 Å². The van der Waals surface area contributed by atoms with Crippen molar-refractivity contribution in [2.75, 3.05) is 19.7 Å². The van der Waals surface area contributed by atoms with Crippen LogP contribution in [-0.4, -0.2) is 39.2 Å². The molecule has 1 fully saturated rings. The second-order valence-electron chi connectivity index (χ2n) is 4.77. The molecule has 0 amide bonds. The number of ether oxygens (including phenoxy) is 1. The first-order valence-electron chi connectivity index (χ1n) is 6.88. The van der Waals surface area contributed by atoms with E-state index in [4.69, 9.17) is 4.74 Å². The zero-order valence-corrected chi connectivity index (χ0v) is 12.4. The number of hydrogen-bond donors (Lipinski definition) is 2. The molecule has 6 nitrogen and oxygen atoms in total. The van der Waals surface area contributed by atoms with Crippen molar-refractivity contribution in [3.05, 3.63) is 23.9 Å². The molecule has 1 saturated heterocycles. The summed E-state index contributed by atoms with van der Waals surface area (Å²) in [4.78, 5) is 4.02. The third kappa shape index (κ3) is 4.24. The number of hydrogen-bond acceptors (Lipinski definition) is 5. The molecule has 1 aromatic heterocycles. The van der Waals surface area contributed by atoms with Gasteiger partial charge in [0.2, 0.25) is 0 Å². The fourth-order valence-corrected chi connectivity index (χ4v) is 3.02. The molecule has 2 rings (SSSR count). The van der Waals surface area contributed by atoms with Crippen LogP contribution in [0.3, 0.4) is 0 Å². The maximum Gasteiger partial charge on any atom is 0.258 e. The van der Waals surface area contributed by atoms with Gasteiger partial charge in [-0.3, -0.25) is 0 Å². The maximum atomic E-state index is 12.1. The second kappa shape index (κ2) is 7.12. The minimum atomic E-state index is -3.55. The Morgan fingerprint density at radius 2 is 2.30 bits per heavy atom. The van der Waals surface area contributed by atoms with Gasteiger partial charge in [-0.25, -0.2) is 18.1 Å². The van der Waals surface area contributed by atoms with Crippen molar-refractivity contribution >= 4 is 10.0 Å². The van der Waals surface area contributed by atoms with Crippen LogP contribution in [0.1, 0.15) is 25.3 Å². The highest BCUT2D eigenvalue weighted by molar-refractivity contribution is 7.89. The first-order valence-corrected chi connectivity index (χ1v) is 8.37. The monoisotopic (exact) mass is 299 g/mol. The van der Waals surface area contributed by atoms with E-state index in [-0.39, 0.29) is 11.1 Å². The average Bonchev–Trinajstić information content (AvgIpc) is 2.97. The van der Waals surface area contributed by atoms with E-state index in [0.717, 1.165) is 24.9 Å². The number of sulfonamides is 1. The molecule has 1 aliphatic heterocycles. The minimum absolute atomic E-state index is 0.0159. The summed E-state index contributed by atoms with van der Waals surface area (Å²) in [6.45, 7) is 4.59. The van der Waals surface area contributed by atoms with Gasteiger partial charge in [-0.2, -0.15) is 0 Å². The van der Waals surface area contributed by atoms with E-state index < -0.39 is 10.0 Å². The van der Waals surface area contributed by atoms with Crippen LogP contribution in [0.2, 0.25) is 0 Å². The van der Waals surface area contributed by atoms with Gasteiger partial charge >= 0.3 is 0 Å². The third-order valence-electron chi connectivity index (χ3n) is 3.18. The van der Waals surface area contributed by atoms with Crippen LogP contribution in [0.4, 0.5) is 0 Å². The van der Waals surface area contributed by atoms with Gasteiger partial charge in [0.25, 0.3) is 10.0 Å². The summed E-state index contributed by atoms with van der Waals surface area (Å²) in [5.74, 6) is 0. The lowest BCUT2D eigenvalue weighted by Gasteiger charge is -2.11. The first-order chi connectivity index (χ1) is 9.62. The van der Waals surface area contributed by atoms with E-state index >= 15 is 0 Å². The molecule has 0 spiro atoms. The van der Waals surface area contributed by atoms with Crippen LogP contribution in [0.25, 0.3) is 0 Å². The predicted molar refractivity (Wildman–Crippen MR) is 75.8 cm³/mol. The lowest BCUT2D eigenvalue weighted by atomic mass is 10.2. The summed E-state index contributed by atoms with van der Waals surface area (Å²) >= 11 is 0. The van der Waals surface area contributed by atoms with Crippen molar-refractivity contribution in [3.63, 3.8) is 0 Å². The number of nitrogens with one attached hydrogen (secondary N) is 2. The van der Waals surface area contributed by atoms with E-state index in [1.54, 1.807) is 12.3 Å². The third-order valence-corrected chi connectivity index (χ3v) is 4.52. The highest BCUT2D eigenvalue weighted by Crippen LogP contribution is 2.12. The van der Waals surface area contributed by atoms with E-state index in [9.17, 15) is 8.42 Å². The Balaban J connectivity index is 1.94. The zero-order valence-electron chi connectivity index (χ0n) is 11.6. The predicted octanol–water partition coefficient (Wildman–Crippen LogP) is 0.648. The summed E-state index contributed by atoms with van der Waals surface area (Å²) in [7, 11) is -3.55. The Kier molecular flexibility index (Phi) is 5.47. The topological polar surface area (TPSA) is 80.3 Å². The summed E-state index contributed by atoms with van der Waals surface area (Å²) in [6.07, 6.45) is 3.46. The van der Waals surface area contributed by atoms with Crippen LogP contribution >= 0.6 is 0 Å². The zero-order chi connectivity index (χ0) is 14.4. The minimum Gasteiger partial charge on any atom is -0.377 e. The smallest absolute Gasteiger partial charge is 0.258 e. The first kappa shape index (κ1) is 15.4. The van der Waals surface area contributed by atoms with Gasteiger partial charge in [-0.05, 0) is 31.0 Å². The van der Waals surface area contributed by atoms with E-state index in [2.05, 4.69) is 15.0 Å². The molecular formula is C13H21N3O3S. The van der Waals surface area contributed by atoms with Crippen LogP contribution in [0.15, 0.2) is 23.4 Å². The average molecular weight is 299 g/mol. The summed E-state index contributed by atoms with van der Waals surface area (Å²) in [6, 6.07) is 3.31. The summed E-state index contributed by atoms with van der Waals surface area (Å²) in [5, 5.41) is 3.22. The molecule has 7 heteroatoms. The molecule has 112 valence electrons. The maximum absolute atomic E-state index is 12.1. The molecule has 1 unspecified atom stereocenters. The highest BCUT2D eigenvalue weighted by atomic mass is 32.2. The fraction of sp³-hybridized carbons (Fsp3) is 0.615. The quantitative estimate of drug-likeness (QED) is 0.772. The molecule has 1 aliphatic rings. The summed E-state index contributed by atoms with van der Waals surface area (Å²) < 4.78 is 32.1. The van der Waals surface area contributed by atoms with Gasteiger partial charge in [0.05, 0.1) is 6.10 Å². The van der Waals surface area contributed by atoms with Crippen molar-refractivity contribution in [3.8, 4) is 0 Å². The van der Waals surface area contributed by atoms with Crippen molar-refractivity contribution in [1.29, 1.82) is 0 Å².